The summed E-state index contributed by atoms with van der Waals surface area (Å²) in [5.41, 5.74) is 0.514. The van der Waals surface area contributed by atoms with E-state index in [1.54, 1.807) is 28.8 Å². The van der Waals surface area contributed by atoms with Crippen molar-refractivity contribution in [2.24, 2.45) is 0 Å². The Hall–Kier alpha value is -4.02. The molecule has 0 bridgehead atoms. The summed E-state index contributed by atoms with van der Waals surface area (Å²) in [4.78, 5) is 69.1. The second-order valence-electron chi connectivity index (χ2n) is 8.36. The standard InChI is InChI=1S/C24H27N5O6/c1-3-5-12-28-21-20(22(32)26-24(28)34)27(4-2)17(25-21)14-35-23(33)16-8-6-15(7-9-16)13-29-18(30)10-11-19(29)31/h6-9H,3-5,10-14H2,1-2H3,(H,26,32,34). The van der Waals surface area contributed by atoms with Gasteiger partial charge in [-0.25, -0.2) is 14.6 Å². The van der Waals surface area contributed by atoms with Gasteiger partial charge >= 0.3 is 11.7 Å². The fourth-order valence-corrected chi connectivity index (χ4v) is 4.13. The summed E-state index contributed by atoms with van der Waals surface area (Å²) in [6, 6.07) is 6.47. The molecule has 1 saturated heterocycles. The molecule has 3 heterocycles. The smallest absolute Gasteiger partial charge is 0.338 e. The van der Waals surface area contributed by atoms with Crippen molar-refractivity contribution < 1.29 is 19.1 Å². The summed E-state index contributed by atoms with van der Waals surface area (Å²) < 4.78 is 8.52. The van der Waals surface area contributed by atoms with Crippen molar-refractivity contribution in [3.05, 3.63) is 62.1 Å². The first-order valence-corrected chi connectivity index (χ1v) is 11.7. The molecule has 3 aromatic rings. The number of likely N-dealkylation sites (tertiary alicyclic amines) is 1. The molecule has 1 aliphatic rings. The molecule has 1 aliphatic heterocycles. The van der Waals surface area contributed by atoms with Crippen LogP contribution < -0.4 is 11.2 Å². The second kappa shape index (κ2) is 10.1. The minimum atomic E-state index is -0.586. The predicted molar refractivity (Wildman–Crippen MR) is 126 cm³/mol. The van der Waals surface area contributed by atoms with Gasteiger partial charge in [0.2, 0.25) is 11.8 Å². The molecule has 0 radical (unpaired) electrons. The monoisotopic (exact) mass is 481 g/mol. The Morgan fingerprint density at radius 2 is 1.71 bits per heavy atom. The Bertz CT molecular complexity index is 1380. The number of nitrogens with zero attached hydrogens (tertiary/aromatic N) is 4. The van der Waals surface area contributed by atoms with E-state index in [0.29, 0.717) is 24.5 Å². The number of unbranched alkanes of at least 4 members (excludes halogenated alkanes) is 1. The first-order chi connectivity index (χ1) is 16.8. The molecule has 4 rings (SSSR count). The Labute approximate surface area is 200 Å². The van der Waals surface area contributed by atoms with Crippen molar-refractivity contribution in [1.82, 2.24) is 24.0 Å². The van der Waals surface area contributed by atoms with E-state index in [1.165, 1.54) is 9.47 Å². The Balaban J connectivity index is 1.51. The topological polar surface area (TPSA) is 136 Å². The van der Waals surface area contributed by atoms with E-state index in [1.807, 2.05) is 13.8 Å². The van der Waals surface area contributed by atoms with Crippen LogP contribution in [0.4, 0.5) is 0 Å². The number of hydrogen-bond acceptors (Lipinski definition) is 7. The molecule has 0 aliphatic carbocycles. The second-order valence-corrected chi connectivity index (χ2v) is 8.36. The van der Waals surface area contributed by atoms with Gasteiger partial charge in [-0.3, -0.25) is 28.8 Å². The van der Waals surface area contributed by atoms with E-state index in [4.69, 9.17) is 4.74 Å². The highest BCUT2D eigenvalue weighted by Crippen LogP contribution is 2.17. The van der Waals surface area contributed by atoms with Crippen LogP contribution in [0.3, 0.4) is 0 Å². The van der Waals surface area contributed by atoms with Crippen LogP contribution in [0.25, 0.3) is 11.2 Å². The third-order valence-corrected chi connectivity index (χ3v) is 6.03. The zero-order valence-corrected chi connectivity index (χ0v) is 19.7. The molecule has 1 aromatic carbocycles. The molecule has 2 amide bonds. The quantitative estimate of drug-likeness (QED) is 0.363. The number of carbonyl (C=O) groups excluding carboxylic acids is 3. The molecule has 1 N–H and O–H groups in total. The lowest BCUT2D eigenvalue weighted by Crippen LogP contribution is -2.31. The third kappa shape index (κ3) is 4.79. The minimum Gasteiger partial charge on any atom is -0.454 e. The number of ether oxygens (including phenoxy) is 1. The maximum absolute atomic E-state index is 12.6. The Morgan fingerprint density at radius 1 is 1.03 bits per heavy atom. The lowest BCUT2D eigenvalue weighted by atomic mass is 10.1. The highest BCUT2D eigenvalue weighted by Gasteiger charge is 2.28. The van der Waals surface area contributed by atoms with E-state index in [-0.39, 0.29) is 49.0 Å². The van der Waals surface area contributed by atoms with Gasteiger partial charge in [0.25, 0.3) is 5.56 Å². The molecule has 1 fully saturated rings. The maximum atomic E-state index is 12.6. The number of imidazole rings is 1. The average molecular weight is 482 g/mol. The molecule has 0 saturated carbocycles. The lowest BCUT2D eigenvalue weighted by molar-refractivity contribution is -0.139. The largest absolute Gasteiger partial charge is 0.454 e. The van der Waals surface area contributed by atoms with Crippen LogP contribution in [0, 0.1) is 0 Å². The van der Waals surface area contributed by atoms with Crippen molar-refractivity contribution in [2.75, 3.05) is 0 Å². The number of nitrogens with one attached hydrogen (secondary N) is 1. The van der Waals surface area contributed by atoms with Gasteiger partial charge in [0.1, 0.15) is 12.4 Å². The number of aromatic amines is 1. The van der Waals surface area contributed by atoms with E-state index in [0.717, 1.165) is 18.4 Å². The van der Waals surface area contributed by atoms with Crippen LogP contribution in [-0.2, 0) is 40.6 Å². The number of esters is 1. The number of H-pyrrole nitrogens is 1. The number of aromatic nitrogens is 4. The highest BCUT2D eigenvalue weighted by atomic mass is 16.5. The first kappa shape index (κ1) is 24.1. The van der Waals surface area contributed by atoms with Crippen molar-refractivity contribution in [3.8, 4) is 0 Å². The van der Waals surface area contributed by atoms with Gasteiger partial charge in [-0.1, -0.05) is 25.5 Å². The van der Waals surface area contributed by atoms with Crippen LogP contribution in [0.5, 0.6) is 0 Å². The number of imide groups is 1. The summed E-state index contributed by atoms with van der Waals surface area (Å²) in [5, 5.41) is 0. The first-order valence-electron chi connectivity index (χ1n) is 11.7. The molecular weight excluding hydrogens is 454 g/mol. The van der Waals surface area contributed by atoms with Crippen LogP contribution in [0.1, 0.15) is 61.3 Å². The van der Waals surface area contributed by atoms with Crippen molar-refractivity contribution in [1.29, 1.82) is 0 Å². The number of aryl methyl sites for hydroxylation is 2. The van der Waals surface area contributed by atoms with E-state index < -0.39 is 17.2 Å². The Kier molecular flexibility index (Phi) is 6.94. The molecule has 11 heteroatoms. The summed E-state index contributed by atoms with van der Waals surface area (Å²) in [6.45, 7) is 4.65. The van der Waals surface area contributed by atoms with E-state index in [9.17, 15) is 24.0 Å². The fraction of sp³-hybridized carbons (Fsp3) is 0.417. The highest BCUT2D eigenvalue weighted by molar-refractivity contribution is 6.01. The normalized spacial score (nSPS) is 13.7. The fourth-order valence-electron chi connectivity index (χ4n) is 4.13. The van der Waals surface area contributed by atoms with Gasteiger partial charge < -0.3 is 9.30 Å². The van der Waals surface area contributed by atoms with Crippen molar-refractivity contribution in [3.63, 3.8) is 0 Å². The SMILES string of the molecule is CCCCn1c(=O)[nH]c(=O)c2c1nc(COC(=O)c1ccc(CN3C(=O)CCC3=O)cc1)n2CC. The summed E-state index contributed by atoms with van der Waals surface area (Å²) in [6.07, 6.45) is 2.08. The maximum Gasteiger partial charge on any atom is 0.338 e. The van der Waals surface area contributed by atoms with Crippen LogP contribution in [-0.4, -0.2) is 41.8 Å². The molecule has 0 spiro atoms. The average Bonchev–Trinajstić information content (AvgIpc) is 3.37. The Morgan fingerprint density at radius 3 is 2.34 bits per heavy atom. The van der Waals surface area contributed by atoms with Crippen molar-refractivity contribution in [2.45, 2.75) is 65.8 Å². The number of rotatable bonds is 9. The zero-order chi connectivity index (χ0) is 25.1. The van der Waals surface area contributed by atoms with Crippen LogP contribution in [0.15, 0.2) is 33.9 Å². The number of hydrogen-bond donors (Lipinski definition) is 1. The molecule has 35 heavy (non-hydrogen) atoms. The predicted octanol–water partition coefficient (Wildman–Crippen LogP) is 1.71. The summed E-state index contributed by atoms with van der Waals surface area (Å²) in [5.74, 6) is -0.621. The summed E-state index contributed by atoms with van der Waals surface area (Å²) >= 11 is 0. The van der Waals surface area contributed by atoms with Gasteiger partial charge in [-0.05, 0) is 31.0 Å². The molecule has 184 valence electrons. The number of fused-ring (bicyclic) bond motifs is 1. The van der Waals surface area contributed by atoms with Gasteiger partial charge in [-0.15, -0.1) is 0 Å². The number of carbonyl (C=O) groups is 3. The summed E-state index contributed by atoms with van der Waals surface area (Å²) in [7, 11) is 0. The minimum absolute atomic E-state index is 0.168. The van der Waals surface area contributed by atoms with E-state index in [2.05, 4.69) is 9.97 Å². The molecular formula is C24H27N5O6. The van der Waals surface area contributed by atoms with Gasteiger partial charge in [-0.2, -0.15) is 0 Å². The van der Waals surface area contributed by atoms with Crippen LogP contribution >= 0.6 is 0 Å². The number of benzene rings is 1. The molecule has 2 aromatic heterocycles. The molecule has 0 atom stereocenters. The third-order valence-electron chi connectivity index (χ3n) is 6.03. The van der Waals surface area contributed by atoms with Gasteiger partial charge in [0.05, 0.1) is 12.1 Å². The van der Waals surface area contributed by atoms with Gasteiger partial charge in [0.15, 0.2) is 11.2 Å². The molecule has 11 nitrogen and oxygen atoms in total. The van der Waals surface area contributed by atoms with Gasteiger partial charge in [0, 0.05) is 25.9 Å². The lowest BCUT2D eigenvalue weighted by Gasteiger charge is -2.13. The zero-order valence-electron chi connectivity index (χ0n) is 19.7. The van der Waals surface area contributed by atoms with Crippen molar-refractivity contribution >= 4 is 28.9 Å². The number of amides is 2. The van der Waals surface area contributed by atoms with E-state index >= 15 is 0 Å². The molecule has 0 unspecified atom stereocenters. The van der Waals surface area contributed by atoms with Crippen LogP contribution in [0.2, 0.25) is 0 Å².